The maximum absolute atomic E-state index is 13.0. The Hall–Kier alpha value is -3.32. The number of nitrogens with one attached hydrogen (secondary N) is 1. The van der Waals surface area contributed by atoms with Crippen molar-refractivity contribution in [3.63, 3.8) is 0 Å². The van der Waals surface area contributed by atoms with Gasteiger partial charge in [0.25, 0.3) is 0 Å². The second-order valence-electron chi connectivity index (χ2n) is 9.23. The molecule has 0 radical (unpaired) electrons. The Balaban J connectivity index is 1.22. The summed E-state index contributed by atoms with van der Waals surface area (Å²) in [6.07, 6.45) is 0.504. The van der Waals surface area contributed by atoms with Crippen molar-refractivity contribution >= 4 is 33.7 Å². The molecular weight excluding hydrogens is 520 g/mol. The number of fused-ring (bicyclic) bond motifs is 3. The molecule has 3 aromatic rings. The number of hydrogen-bond donors (Lipinski definition) is 1. The van der Waals surface area contributed by atoms with E-state index in [0.717, 1.165) is 22.1 Å². The van der Waals surface area contributed by atoms with Crippen molar-refractivity contribution in [3.8, 4) is 11.1 Å². The average Bonchev–Trinajstić information content (AvgIpc) is 3.47. The first-order valence-electron chi connectivity index (χ1n) is 12.3. The van der Waals surface area contributed by atoms with E-state index in [1.165, 1.54) is 22.3 Å². The molecule has 0 bridgehead atoms. The zero-order chi connectivity index (χ0) is 25.2. The maximum atomic E-state index is 13.0. The van der Waals surface area contributed by atoms with Gasteiger partial charge in [-0.3, -0.25) is 0 Å². The van der Waals surface area contributed by atoms with Gasteiger partial charge in [-0.2, -0.15) is 0 Å². The van der Waals surface area contributed by atoms with Crippen LogP contribution in [-0.2, 0) is 9.47 Å². The Morgan fingerprint density at radius 1 is 1.03 bits per heavy atom. The predicted octanol–water partition coefficient (Wildman–Crippen LogP) is 6.37. The van der Waals surface area contributed by atoms with Gasteiger partial charge in [-0.05, 0) is 60.2 Å². The molecule has 0 saturated carbocycles. The summed E-state index contributed by atoms with van der Waals surface area (Å²) in [6.45, 7) is 5.49. The highest BCUT2D eigenvalue weighted by molar-refractivity contribution is 9.10. The van der Waals surface area contributed by atoms with Crippen molar-refractivity contribution in [2.24, 2.45) is 0 Å². The highest BCUT2D eigenvalue weighted by Gasteiger charge is 2.32. The van der Waals surface area contributed by atoms with Gasteiger partial charge in [-0.1, -0.05) is 64.5 Å². The molecule has 2 aliphatic rings. The zero-order valence-electron chi connectivity index (χ0n) is 20.4. The van der Waals surface area contributed by atoms with Gasteiger partial charge in [-0.15, -0.1) is 0 Å². The SMILES string of the molecule is CCOC(=O)c1cc(Br)cc(NC2CCN(C(=O)OCC3c4ccccc4-c4ccccc43)C2)c1C. The fourth-order valence-electron chi connectivity index (χ4n) is 5.20. The van der Waals surface area contributed by atoms with Gasteiger partial charge in [0, 0.05) is 35.2 Å². The molecule has 36 heavy (non-hydrogen) atoms. The third-order valence-corrected chi connectivity index (χ3v) is 7.47. The minimum absolute atomic E-state index is 0.0449. The molecule has 1 N–H and O–H groups in total. The summed E-state index contributed by atoms with van der Waals surface area (Å²) in [5, 5.41) is 3.51. The highest BCUT2D eigenvalue weighted by Crippen LogP contribution is 2.44. The van der Waals surface area contributed by atoms with Crippen molar-refractivity contribution in [3.05, 3.63) is 87.4 Å². The van der Waals surface area contributed by atoms with Gasteiger partial charge in [0.05, 0.1) is 12.2 Å². The van der Waals surface area contributed by atoms with Gasteiger partial charge in [0.15, 0.2) is 0 Å². The van der Waals surface area contributed by atoms with Gasteiger partial charge >= 0.3 is 12.1 Å². The van der Waals surface area contributed by atoms with Crippen molar-refractivity contribution < 1.29 is 19.1 Å². The summed E-state index contributed by atoms with van der Waals surface area (Å²) in [5.74, 6) is -0.297. The lowest BCUT2D eigenvalue weighted by Gasteiger charge is -2.21. The summed E-state index contributed by atoms with van der Waals surface area (Å²) in [7, 11) is 0. The number of carbonyl (C=O) groups is 2. The molecule has 7 heteroatoms. The third-order valence-electron chi connectivity index (χ3n) is 7.01. The minimum Gasteiger partial charge on any atom is -0.462 e. The first-order valence-corrected chi connectivity index (χ1v) is 13.1. The Labute approximate surface area is 219 Å². The van der Waals surface area contributed by atoms with Crippen LogP contribution in [-0.4, -0.2) is 49.3 Å². The first-order chi connectivity index (χ1) is 17.5. The predicted molar refractivity (Wildman–Crippen MR) is 144 cm³/mol. The molecule has 0 spiro atoms. The van der Waals surface area contributed by atoms with E-state index < -0.39 is 0 Å². The van der Waals surface area contributed by atoms with Crippen LogP contribution in [0.5, 0.6) is 0 Å². The third kappa shape index (κ3) is 4.72. The standard InChI is InChI=1S/C29H29BrN2O4/c1-3-35-28(33)25-14-19(30)15-27(18(25)2)31-20-12-13-32(16-20)29(34)36-17-26-23-10-6-4-8-21(23)22-9-5-7-11-24(22)26/h4-11,14-15,20,26,31H,3,12-13,16-17H2,1-2H3. The Morgan fingerprint density at radius 2 is 1.69 bits per heavy atom. The minimum atomic E-state index is -0.342. The number of rotatable bonds is 6. The van der Waals surface area contributed by atoms with E-state index in [0.29, 0.717) is 31.9 Å². The molecule has 1 atom stereocenters. The van der Waals surface area contributed by atoms with Gasteiger partial charge in [0.2, 0.25) is 0 Å². The van der Waals surface area contributed by atoms with Crippen LogP contribution in [0.25, 0.3) is 11.1 Å². The number of carbonyl (C=O) groups excluding carboxylic acids is 2. The second-order valence-corrected chi connectivity index (χ2v) is 10.1. The molecule has 6 nitrogen and oxygen atoms in total. The summed E-state index contributed by atoms with van der Waals surface area (Å²) >= 11 is 3.49. The largest absolute Gasteiger partial charge is 0.462 e. The number of anilines is 1. The molecule has 3 aromatic carbocycles. The second kappa shape index (κ2) is 10.3. The molecule has 5 rings (SSSR count). The van der Waals surface area contributed by atoms with E-state index in [-0.39, 0.29) is 24.0 Å². The van der Waals surface area contributed by atoms with Crippen LogP contribution in [0.1, 0.15) is 46.3 Å². The lowest BCUT2D eigenvalue weighted by Crippen LogP contribution is -2.33. The number of benzene rings is 3. The average molecular weight is 549 g/mol. The molecular formula is C29H29BrN2O4. The summed E-state index contributed by atoms with van der Waals surface area (Å²) in [6, 6.07) is 20.4. The summed E-state index contributed by atoms with van der Waals surface area (Å²) < 4.78 is 11.8. The Bertz CT molecular complexity index is 1260. The summed E-state index contributed by atoms with van der Waals surface area (Å²) in [5.41, 5.74) is 7.05. The van der Waals surface area contributed by atoms with Crippen LogP contribution < -0.4 is 5.32 Å². The monoisotopic (exact) mass is 548 g/mol. The fraction of sp³-hybridized carbons (Fsp3) is 0.310. The number of ether oxygens (including phenoxy) is 2. The van der Waals surface area contributed by atoms with Gasteiger partial charge in [0.1, 0.15) is 6.61 Å². The van der Waals surface area contributed by atoms with Crippen LogP contribution in [0.3, 0.4) is 0 Å². The molecule has 0 aromatic heterocycles. The lowest BCUT2D eigenvalue weighted by atomic mass is 9.98. The van der Waals surface area contributed by atoms with Crippen LogP contribution in [0.4, 0.5) is 10.5 Å². The maximum Gasteiger partial charge on any atom is 0.409 e. The molecule has 186 valence electrons. The van der Waals surface area contributed by atoms with Crippen molar-refractivity contribution in [1.82, 2.24) is 4.90 Å². The number of nitrogens with zero attached hydrogens (tertiary/aromatic N) is 1. The normalized spacial score (nSPS) is 16.4. The molecule has 1 fully saturated rings. The molecule has 1 aliphatic heterocycles. The van der Waals surface area contributed by atoms with Crippen LogP contribution in [0.2, 0.25) is 0 Å². The quantitative estimate of drug-likeness (QED) is 0.362. The first kappa shape index (κ1) is 24.4. The van der Waals surface area contributed by atoms with E-state index in [1.54, 1.807) is 17.9 Å². The Morgan fingerprint density at radius 3 is 2.36 bits per heavy atom. The molecule has 1 saturated heterocycles. The van der Waals surface area contributed by atoms with Crippen molar-refractivity contribution in [2.45, 2.75) is 32.2 Å². The number of halogens is 1. The molecule has 1 heterocycles. The molecule has 1 aliphatic carbocycles. The highest BCUT2D eigenvalue weighted by atomic mass is 79.9. The summed E-state index contributed by atoms with van der Waals surface area (Å²) in [4.78, 5) is 27.1. The number of esters is 1. The Kier molecular flexibility index (Phi) is 7.01. The number of likely N-dealkylation sites (tertiary alicyclic amines) is 1. The van der Waals surface area contributed by atoms with E-state index >= 15 is 0 Å². The van der Waals surface area contributed by atoms with Crippen molar-refractivity contribution in [1.29, 1.82) is 0 Å². The fourth-order valence-corrected chi connectivity index (χ4v) is 5.66. The molecule has 1 amide bonds. The van der Waals surface area contributed by atoms with Crippen molar-refractivity contribution in [2.75, 3.05) is 31.6 Å². The smallest absolute Gasteiger partial charge is 0.409 e. The zero-order valence-corrected chi connectivity index (χ0v) is 22.0. The van der Waals surface area contributed by atoms with Gasteiger partial charge in [-0.25, -0.2) is 9.59 Å². The van der Waals surface area contributed by atoms with Crippen LogP contribution in [0.15, 0.2) is 65.1 Å². The lowest BCUT2D eigenvalue weighted by molar-refractivity contribution is 0.0525. The van der Waals surface area contributed by atoms with E-state index in [2.05, 4.69) is 45.5 Å². The number of amides is 1. The number of hydrogen-bond acceptors (Lipinski definition) is 5. The molecule has 1 unspecified atom stereocenters. The topological polar surface area (TPSA) is 67.9 Å². The van der Waals surface area contributed by atoms with Gasteiger partial charge < -0.3 is 19.7 Å². The van der Waals surface area contributed by atoms with Crippen LogP contribution >= 0.6 is 15.9 Å². The van der Waals surface area contributed by atoms with Crippen LogP contribution in [0, 0.1) is 6.92 Å². The van der Waals surface area contributed by atoms with E-state index in [9.17, 15) is 9.59 Å². The van der Waals surface area contributed by atoms with E-state index in [1.807, 2.05) is 37.3 Å². The van der Waals surface area contributed by atoms with E-state index in [4.69, 9.17) is 9.47 Å².